The highest BCUT2D eigenvalue weighted by molar-refractivity contribution is 6.39. The van der Waals surface area contributed by atoms with E-state index in [4.69, 9.17) is 23.2 Å². The number of carbonyl (C=O) groups is 2. The number of rotatable bonds is 2. The molecule has 0 radical (unpaired) electrons. The number of benzene rings is 1. The first kappa shape index (κ1) is 14.9. The number of hydrogen-bond donors (Lipinski definition) is 1. The van der Waals surface area contributed by atoms with Crippen LogP contribution < -0.4 is 5.32 Å². The fourth-order valence-corrected chi connectivity index (χ4v) is 4.03. The summed E-state index contributed by atoms with van der Waals surface area (Å²) in [5.74, 6) is 0.297. The second kappa shape index (κ2) is 5.98. The van der Waals surface area contributed by atoms with E-state index in [-0.39, 0.29) is 23.7 Å². The molecule has 2 fully saturated rings. The lowest BCUT2D eigenvalue weighted by atomic mass is 9.67. The lowest BCUT2D eigenvalue weighted by Gasteiger charge is -2.37. The zero-order chi connectivity index (χ0) is 15.0. The third-order valence-corrected chi connectivity index (χ3v) is 5.26. The van der Waals surface area contributed by atoms with Crippen LogP contribution in [0.15, 0.2) is 18.2 Å². The first-order valence-electron chi connectivity index (χ1n) is 7.35. The summed E-state index contributed by atoms with van der Waals surface area (Å²) in [5.41, 5.74) is 0.466. The number of anilines is 1. The highest BCUT2D eigenvalue weighted by atomic mass is 35.5. The van der Waals surface area contributed by atoms with E-state index in [2.05, 4.69) is 5.32 Å². The van der Waals surface area contributed by atoms with Crippen LogP contribution in [0.1, 0.15) is 32.1 Å². The first-order chi connectivity index (χ1) is 10.1. The maximum Gasteiger partial charge on any atom is 0.227 e. The Morgan fingerprint density at radius 3 is 2.24 bits per heavy atom. The summed E-state index contributed by atoms with van der Waals surface area (Å²) in [6.45, 7) is 0. The van der Waals surface area contributed by atoms with E-state index in [0.29, 0.717) is 34.4 Å². The molecule has 5 heteroatoms. The Bertz CT molecular complexity index is 551. The number of nitrogens with one attached hydrogen (secondary N) is 1. The largest absolute Gasteiger partial charge is 0.323 e. The van der Waals surface area contributed by atoms with E-state index in [1.807, 2.05) is 0 Å². The summed E-state index contributed by atoms with van der Waals surface area (Å²) in [4.78, 5) is 24.5. The average Bonchev–Trinajstić information content (AvgIpc) is 2.42. The molecule has 1 aromatic rings. The van der Waals surface area contributed by atoms with E-state index in [0.717, 1.165) is 19.3 Å². The van der Waals surface area contributed by atoms with Crippen LogP contribution in [0.3, 0.4) is 0 Å². The van der Waals surface area contributed by atoms with Crippen LogP contribution in [0.25, 0.3) is 0 Å². The number of amides is 1. The van der Waals surface area contributed by atoms with Gasteiger partial charge < -0.3 is 5.32 Å². The van der Waals surface area contributed by atoms with Gasteiger partial charge in [0.15, 0.2) is 0 Å². The first-order valence-corrected chi connectivity index (χ1v) is 8.10. The summed E-state index contributed by atoms with van der Waals surface area (Å²) in [7, 11) is 0. The van der Waals surface area contributed by atoms with E-state index < -0.39 is 0 Å². The van der Waals surface area contributed by atoms with Gasteiger partial charge in [-0.2, -0.15) is 0 Å². The Labute approximate surface area is 134 Å². The minimum Gasteiger partial charge on any atom is -0.323 e. The van der Waals surface area contributed by atoms with Crippen LogP contribution in [0.4, 0.5) is 5.69 Å². The lowest BCUT2D eigenvalue weighted by molar-refractivity contribution is -0.136. The number of Topliss-reactive ketones (excluding diaryl/α,β-unsaturated/α-hetero) is 1. The molecule has 0 aliphatic heterocycles. The second-order valence-electron chi connectivity index (χ2n) is 5.98. The molecule has 3 nitrogen and oxygen atoms in total. The van der Waals surface area contributed by atoms with E-state index in [1.165, 1.54) is 0 Å². The van der Waals surface area contributed by atoms with Crippen molar-refractivity contribution in [2.45, 2.75) is 32.1 Å². The zero-order valence-electron chi connectivity index (χ0n) is 11.6. The lowest BCUT2D eigenvalue weighted by Crippen LogP contribution is -2.40. The van der Waals surface area contributed by atoms with E-state index >= 15 is 0 Å². The Hall–Kier alpha value is -1.06. The molecular weight excluding hydrogens is 309 g/mol. The molecule has 0 aromatic heterocycles. The third kappa shape index (κ3) is 2.95. The smallest absolute Gasteiger partial charge is 0.227 e. The highest BCUT2D eigenvalue weighted by Gasteiger charge is 2.41. The van der Waals surface area contributed by atoms with Crippen LogP contribution in [-0.2, 0) is 9.59 Å². The maximum atomic E-state index is 12.5. The minimum atomic E-state index is -0.120. The van der Waals surface area contributed by atoms with Crippen molar-refractivity contribution in [1.82, 2.24) is 0 Å². The van der Waals surface area contributed by atoms with Gasteiger partial charge in [-0.05, 0) is 37.8 Å². The Kier molecular flexibility index (Phi) is 4.23. The number of fused-ring (bicyclic) bond motifs is 2. The minimum absolute atomic E-state index is 0.0648. The molecule has 1 N–H and O–H groups in total. The molecule has 0 heterocycles. The Morgan fingerprint density at radius 1 is 1.10 bits per heavy atom. The van der Waals surface area contributed by atoms with Gasteiger partial charge in [0.05, 0.1) is 15.7 Å². The van der Waals surface area contributed by atoms with Crippen molar-refractivity contribution < 1.29 is 9.59 Å². The Balaban J connectivity index is 1.73. The predicted octanol–water partition coefficient (Wildman–Crippen LogP) is 4.33. The molecule has 21 heavy (non-hydrogen) atoms. The number of para-hydroxylation sites is 1. The van der Waals surface area contributed by atoms with Gasteiger partial charge in [0.2, 0.25) is 5.91 Å². The van der Waals surface area contributed by atoms with Crippen LogP contribution in [-0.4, -0.2) is 11.7 Å². The van der Waals surface area contributed by atoms with Crippen molar-refractivity contribution in [1.29, 1.82) is 0 Å². The summed E-state index contributed by atoms with van der Waals surface area (Å²) < 4.78 is 0. The van der Waals surface area contributed by atoms with Gasteiger partial charge in [0, 0.05) is 17.8 Å². The van der Waals surface area contributed by atoms with Gasteiger partial charge in [-0.1, -0.05) is 35.7 Å². The number of ketones is 1. The topological polar surface area (TPSA) is 46.2 Å². The summed E-state index contributed by atoms with van der Waals surface area (Å²) in [6, 6.07) is 5.13. The SMILES string of the molecule is O=C(Nc1c(Cl)cccc1Cl)C1CC2CCCC(C1)C2=O. The van der Waals surface area contributed by atoms with Crippen LogP contribution in [0.5, 0.6) is 0 Å². The Morgan fingerprint density at radius 2 is 1.67 bits per heavy atom. The van der Waals surface area contributed by atoms with Crippen molar-refractivity contribution >= 4 is 40.6 Å². The fraction of sp³-hybridized carbons (Fsp3) is 0.500. The van der Waals surface area contributed by atoms with Gasteiger partial charge >= 0.3 is 0 Å². The number of halogens is 2. The van der Waals surface area contributed by atoms with E-state index in [9.17, 15) is 9.59 Å². The van der Waals surface area contributed by atoms with Crippen molar-refractivity contribution in [2.75, 3.05) is 5.32 Å². The second-order valence-corrected chi connectivity index (χ2v) is 6.80. The standard InChI is InChI=1S/C16H17Cl2NO2/c17-12-5-2-6-13(18)14(12)19-16(21)11-7-9-3-1-4-10(8-11)15(9)20/h2,5-6,9-11H,1,3-4,7-8H2,(H,19,21). The van der Waals surface area contributed by atoms with Crippen molar-refractivity contribution in [3.63, 3.8) is 0 Å². The maximum absolute atomic E-state index is 12.5. The fourth-order valence-electron chi connectivity index (χ4n) is 3.54. The van der Waals surface area contributed by atoms with E-state index in [1.54, 1.807) is 18.2 Å². The average molecular weight is 326 g/mol. The van der Waals surface area contributed by atoms with Crippen LogP contribution in [0.2, 0.25) is 10.0 Å². The monoisotopic (exact) mass is 325 g/mol. The summed E-state index contributed by atoms with van der Waals surface area (Å²) in [6.07, 6.45) is 4.26. The van der Waals surface area contributed by atoms with Gasteiger partial charge in [-0.3, -0.25) is 9.59 Å². The molecule has 2 unspecified atom stereocenters. The molecular formula is C16H17Cl2NO2. The molecule has 1 amide bonds. The molecule has 2 aliphatic carbocycles. The summed E-state index contributed by atoms with van der Waals surface area (Å²) >= 11 is 12.2. The van der Waals surface area contributed by atoms with Crippen molar-refractivity contribution in [3.05, 3.63) is 28.2 Å². The summed E-state index contributed by atoms with van der Waals surface area (Å²) in [5, 5.41) is 3.70. The number of carbonyl (C=O) groups excluding carboxylic acids is 2. The molecule has 0 spiro atoms. The highest BCUT2D eigenvalue weighted by Crippen LogP contribution is 2.41. The van der Waals surface area contributed by atoms with Crippen molar-refractivity contribution in [2.24, 2.45) is 17.8 Å². The van der Waals surface area contributed by atoms with Gasteiger partial charge in [-0.25, -0.2) is 0 Å². The number of hydrogen-bond acceptors (Lipinski definition) is 2. The van der Waals surface area contributed by atoms with Crippen LogP contribution >= 0.6 is 23.2 Å². The molecule has 3 rings (SSSR count). The molecule has 0 saturated heterocycles. The molecule has 2 bridgehead atoms. The van der Waals surface area contributed by atoms with Gasteiger partial charge in [-0.15, -0.1) is 0 Å². The third-order valence-electron chi connectivity index (χ3n) is 4.63. The predicted molar refractivity (Wildman–Crippen MR) is 83.7 cm³/mol. The zero-order valence-corrected chi connectivity index (χ0v) is 13.1. The molecule has 2 aliphatic rings. The molecule has 2 atom stereocenters. The quantitative estimate of drug-likeness (QED) is 0.879. The van der Waals surface area contributed by atoms with Gasteiger partial charge in [0.1, 0.15) is 5.78 Å². The van der Waals surface area contributed by atoms with Crippen LogP contribution in [0, 0.1) is 17.8 Å². The normalized spacial score (nSPS) is 28.3. The molecule has 1 aromatic carbocycles. The van der Waals surface area contributed by atoms with Gasteiger partial charge in [0.25, 0.3) is 0 Å². The molecule has 112 valence electrons. The molecule has 2 saturated carbocycles. The van der Waals surface area contributed by atoms with Crippen molar-refractivity contribution in [3.8, 4) is 0 Å².